The monoisotopic (exact) mass is 523 g/mol. The van der Waals surface area contributed by atoms with Gasteiger partial charge in [-0.2, -0.15) is 0 Å². The molecule has 208 valence electrons. The number of aliphatic carboxylic acids is 1. The summed E-state index contributed by atoms with van der Waals surface area (Å²) in [5, 5.41) is 12.9. The predicted molar refractivity (Wildman–Crippen MR) is 136 cm³/mol. The molecule has 0 aliphatic rings. The number of nitrogens with one attached hydrogen (secondary N) is 1. The van der Waals surface area contributed by atoms with Crippen LogP contribution < -0.4 is 14.8 Å². The van der Waals surface area contributed by atoms with Crippen LogP contribution in [0, 0.1) is 0 Å². The van der Waals surface area contributed by atoms with Crippen molar-refractivity contribution >= 4 is 24.1 Å². The molecule has 1 rings (SSSR count). The van der Waals surface area contributed by atoms with E-state index in [1.807, 2.05) is 20.8 Å². The molecule has 0 amide bonds. The molecule has 37 heavy (non-hydrogen) atoms. The van der Waals surface area contributed by atoms with E-state index in [0.29, 0.717) is 24.8 Å². The SMILES string of the molecule is CCCCCC(=O)Oc1ccc(C[C@](NC(C)CC)(OC(=O)OC)C(=O)O)cc1OC(=O)CCCCC. The number of carbonyl (C=O) groups is 4. The quantitative estimate of drug-likeness (QED) is 0.122. The Morgan fingerprint density at radius 1 is 0.919 bits per heavy atom. The Hall–Kier alpha value is -3.14. The van der Waals surface area contributed by atoms with E-state index in [1.54, 1.807) is 6.92 Å². The maximum atomic E-state index is 12.5. The van der Waals surface area contributed by atoms with Crippen molar-refractivity contribution in [1.29, 1.82) is 0 Å². The molecule has 0 bridgehead atoms. The number of ether oxygens (including phenoxy) is 4. The smallest absolute Gasteiger partial charge is 0.477 e. The standard InChI is InChI=1S/C27H41NO9/c1-6-9-11-13-23(29)35-21-16-15-20(17-22(21)36-24(30)14-12-10-7-2)18-27(25(31)32,28-19(4)8-3)37-26(33)34-5/h15-17,19,28H,6-14,18H2,1-5H3,(H,31,32)/t19?,27-/m0/s1. The van der Waals surface area contributed by atoms with Crippen LogP contribution in [0.25, 0.3) is 0 Å². The van der Waals surface area contributed by atoms with E-state index in [4.69, 9.17) is 14.2 Å². The van der Waals surface area contributed by atoms with Gasteiger partial charge in [0, 0.05) is 25.3 Å². The summed E-state index contributed by atoms with van der Waals surface area (Å²) >= 11 is 0. The van der Waals surface area contributed by atoms with E-state index in [2.05, 4.69) is 10.1 Å². The number of carboxylic acids is 1. The molecule has 0 heterocycles. The zero-order valence-corrected chi connectivity index (χ0v) is 22.6. The van der Waals surface area contributed by atoms with E-state index in [0.717, 1.165) is 32.8 Å². The Labute approximate surface area is 219 Å². The number of carboxylic acid groups (broad SMARTS) is 1. The van der Waals surface area contributed by atoms with E-state index in [-0.39, 0.29) is 36.8 Å². The lowest BCUT2D eigenvalue weighted by Gasteiger charge is -2.32. The Kier molecular flexibility index (Phi) is 14.3. The number of esters is 2. The summed E-state index contributed by atoms with van der Waals surface area (Å²) in [5.74, 6) is -2.34. The van der Waals surface area contributed by atoms with Gasteiger partial charge in [-0.25, -0.2) is 9.59 Å². The van der Waals surface area contributed by atoms with Gasteiger partial charge in [0.25, 0.3) is 5.72 Å². The number of unbranched alkanes of at least 4 members (excludes halogenated alkanes) is 4. The van der Waals surface area contributed by atoms with Crippen molar-refractivity contribution in [2.45, 2.75) is 104 Å². The van der Waals surface area contributed by atoms with Crippen LogP contribution in [-0.4, -0.2) is 48.0 Å². The van der Waals surface area contributed by atoms with Crippen LogP contribution in [0.2, 0.25) is 0 Å². The summed E-state index contributed by atoms with van der Waals surface area (Å²) in [4.78, 5) is 49.0. The average molecular weight is 524 g/mol. The number of hydrogen-bond acceptors (Lipinski definition) is 9. The average Bonchev–Trinajstić information content (AvgIpc) is 2.85. The van der Waals surface area contributed by atoms with E-state index in [1.165, 1.54) is 18.2 Å². The van der Waals surface area contributed by atoms with Gasteiger partial charge in [0.15, 0.2) is 11.5 Å². The van der Waals surface area contributed by atoms with Gasteiger partial charge in [0.2, 0.25) is 0 Å². The van der Waals surface area contributed by atoms with Gasteiger partial charge in [-0.3, -0.25) is 14.9 Å². The lowest BCUT2D eigenvalue weighted by Crippen LogP contribution is -2.59. The fourth-order valence-electron chi connectivity index (χ4n) is 3.48. The van der Waals surface area contributed by atoms with Crippen LogP contribution in [0.3, 0.4) is 0 Å². The predicted octanol–water partition coefficient (Wildman–Crippen LogP) is 5.15. The van der Waals surface area contributed by atoms with E-state index < -0.39 is 29.8 Å². The zero-order chi connectivity index (χ0) is 27.8. The summed E-state index contributed by atoms with van der Waals surface area (Å²) in [6.07, 6.45) is 4.43. The molecule has 0 spiro atoms. The molecule has 0 saturated heterocycles. The van der Waals surface area contributed by atoms with Gasteiger partial charge in [0.05, 0.1) is 7.11 Å². The van der Waals surface area contributed by atoms with Crippen molar-refractivity contribution in [3.8, 4) is 11.5 Å². The zero-order valence-electron chi connectivity index (χ0n) is 22.6. The lowest BCUT2D eigenvalue weighted by atomic mass is 10.00. The second kappa shape index (κ2) is 16.6. The summed E-state index contributed by atoms with van der Waals surface area (Å²) in [6, 6.07) is 4.07. The fourth-order valence-corrected chi connectivity index (χ4v) is 3.48. The number of carbonyl (C=O) groups excluding carboxylic acids is 3. The first-order valence-corrected chi connectivity index (χ1v) is 12.9. The second-order valence-corrected chi connectivity index (χ2v) is 8.96. The Bertz CT molecular complexity index is 902. The third-order valence-electron chi connectivity index (χ3n) is 5.74. The number of methoxy groups -OCH3 is 1. The van der Waals surface area contributed by atoms with Crippen molar-refractivity contribution in [3.05, 3.63) is 23.8 Å². The van der Waals surface area contributed by atoms with Gasteiger partial charge in [-0.05, 0) is 43.9 Å². The number of benzene rings is 1. The number of rotatable bonds is 17. The molecule has 1 aromatic rings. The van der Waals surface area contributed by atoms with Crippen molar-refractivity contribution in [2.24, 2.45) is 0 Å². The van der Waals surface area contributed by atoms with Crippen LogP contribution in [0.4, 0.5) is 4.79 Å². The molecule has 10 nitrogen and oxygen atoms in total. The van der Waals surface area contributed by atoms with Gasteiger partial charge >= 0.3 is 24.1 Å². The van der Waals surface area contributed by atoms with Crippen molar-refractivity contribution in [2.75, 3.05) is 7.11 Å². The Balaban J connectivity index is 3.33. The van der Waals surface area contributed by atoms with Crippen molar-refractivity contribution < 1.29 is 43.2 Å². The number of hydrogen-bond donors (Lipinski definition) is 2. The molecule has 2 atom stereocenters. The van der Waals surface area contributed by atoms with Gasteiger partial charge in [-0.15, -0.1) is 0 Å². The van der Waals surface area contributed by atoms with Crippen molar-refractivity contribution in [1.82, 2.24) is 5.32 Å². The molecule has 2 N–H and O–H groups in total. The maximum absolute atomic E-state index is 12.5. The first-order valence-electron chi connectivity index (χ1n) is 12.9. The topological polar surface area (TPSA) is 137 Å². The molecule has 10 heteroatoms. The molecule has 0 aliphatic heterocycles. The largest absolute Gasteiger partial charge is 0.510 e. The maximum Gasteiger partial charge on any atom is 0.510 e. The molecular weight excluding hydrogens is 482 g/mol. The highest BCUT2D eigenvalue weighted by molar-refractivity contribution is 5.81. The minimum absolute atomic E-state index is 0.0104. The minimum atomic E-state index is -2.15. The van der Waals surface area contributed by atoms with Crippen molar-refractivity contribution in [3.63, 3.8) is 0 Å². The third kappa shape index (κ3) is 11.2. The highest BCUT2D eigenvalue weighted by Crippen LogP contribution is 2.32. The van der Waals surface area contributed by atoms with Gasteiger partial charge < -0.3 is 24.1 Å². The first-order chi connectivity index (χ1) is 17.6. The first kappa shape index (κ1) is 31.9. The summed E-state index contributed by atoms with van der Waals surface area (Å²) < 4.78 is 20.7. The summed E-state index contributed by atoms with van der Waals surface area (Å²) in [6.45, 7) is 7.64. The molecule has 1 unspecified atom stereocenters. The Morgan fingerprint density at radius 3 is 1.97 bits per heavy atom. The van der Waals surface area contributed by atoms with E-state index in [9.17, 15) is 24.3 Å². The molecule has 0 saturated carbocycles. The van der Waals surface area contributed by atoms with Crippen LogP contribution in [0.1, 0.15) is 91.0 Å². The minimum Gasteiger partial charge on any atom is -0.477 e. The normalized spacial score (nSPS) is 13.2. The lowest BCUT2D eigenvalue weighted by molar-refractivity contribution is -0.166. The van der Waals surface area contributed by atoms with Crippen LogP contribution >= 0.6 is 0 Å². The molecular formula is C27H41NO9. The van der Waals surface area contributed by atoms with Gasteiger partial charge in [0.1, 0.15) is 0 Å². The van der Waals surface area contributed by atoms with E-state index >= 15 is 0 Å². The molecule has 0 fully saturated rings. The summed E-state index contributed by atoms with van der Waals surface area (Å²) in [5.41, 5.74) is -1.78. The third-order valence-corrected chi connectivity index (χ3v) is 5.74. The Morgan fingerprint density at radius 2 is 1.49 bits per heavy atom. The highest BCUT2D eigenvalue weighted by atomic mass is 16.7. The molecule has 0 aromatic heterocycles. The molecule has 0 aliphatic carbocycles. The molecule has 1 aromatic carbocycles. The molecule has 0 radical (unpaired) electrons. The summed E-state index contributed by atoms with van der Waals surface area (Å²) in [7, 11) is 1.08. The highest BCUT2D eigenvalue weighted by Gasteiger charge is 2.44. The van der Waals surface area contributed by atoms with Crippen LogP contribution in [0.5, 0.6) is 11.5 Å². The van der Waals surface area contributed by atoms with Gasteiger partial charge in [-0.1, -0.05) is 52.5 Å². The van der Waals surface area contributed by atoms with Crippen LogP contribution in [0.15, 0.2) is 18.2 Å². The van der Waals surface area contributed by atoms with Crippen LogP contribution in [-0.2, 0) is 30.3 Å². The fraction of sp³-hybridized carbons (Fsp3) is 0.630. The second-order valence-electron chi connectivity index (χ2n) is 8.96.